The van der Waals surface area contributed by atoms with Gasteiger partial charge >= 0.3 is 8.69 Å². The minimum Gasteiger partial charge on any atom is -0.305 e. The molecule has 5 aromatic rings. The molecule has 0 amide bonds. The molecular weight excluding hydrogens is 622 g/mol. The Kier molecular flexibility index (Phi) is 11.6. The first-order chi connectivity index (χ1) is 22.4. The SMILES string of the molecule is CCc1cccc(O[PH+]=O)c1C(=O)c1c(C)cc(C)cc1C.Cc1cc(C)c(C(=O)P(=O)(c2ccccc2)c2ccccc2)c(C)c1. The van der Waals surface area contributed by atoms with Gasteiger partial charge in [-0.3, -0.25) is 14.1 Å². The summed E-state index contributed by atoms with van der Waals surface area (Å²) < 4.78 is 30.2. The summed E-state index contributed by atoms with van der Waals surface area (Å²) >= 11 is 0. The molecule has 0 fully saturated rings. The van der Waals surface area contributed by atoms with E-state index in [1.54, 1.807) is 30.3 Å². The zero-order valence-corrected chi connectivity index (χ0v) is 29.9. The fourth-order valence-electron chi connectivity index (χ4n) is 6.26. The lowest BCUT2D eigenvalue weighted by atomic mass is 9.90. The summed E-state index contributed by atoms with van der Waals surface area (Å²) in [5.41, 5.74) is 8.27. The number of carbonyl (C=O) groups is 2. The van der Waals surface area contributed by atoms with Crippen molar-refractivity contribution >= 4 is 37.7 Å². The van der Waals surface area contributed by atoms with E-state index in [-0.39, 0.29) is 11.3 Å². The van der Waals surface area contributed by atoms with Crippen LogP contribution >= 0.6 is 15.8 Å². The van der Waals surface area contributed by atoms with E-state index in [0.717, 1.165) is 38.9 Å². The second-order valence-corrected chi connectivity index (χ2v) is 14.8. The summed E-state index contributed by atoms with van der Waals surface area (Å²) in [6, 6.07) is 31.5. The zero-order chi connectivity index (χ0) is 34.3. The molecule has 0 aromatic heterocycles. The Morgan fingerprint density at radius 2 is 1.06 bits per heavy atom. The van der Waals surface area contributed by atoms with Crippen molar-refractivity contribution in [3.63, 3.8) is 0 Å². The standard InChI is InChI=1S/C22H21O2P.C18H20O3P/c1-16-14-17(2)21(18(3)15-16)22(23)25(24,19-10-6-4-7-11-19)20-12-8-5-9-13-20;1-5-14-7-6-8-15(21-22-20)17(14)18(19)16-12(3)9-11(2)10-13(16)4/h4-15H,1-3H3;6-10,22H,5H2,1-4H3/q;+1. The van der Waals surface area contributed by atoms with Crippen LogP contribution in [0.15, 0.2) is 103 Å². The topological polar surface area (TPSA) is 77.5 Å². The molecule has 0 aliphatic rings. The Morgan fingerprint density at radius 1 is 0.617 bits per heavy atom. The van der Waals surface area contributed by atoms with Crippen molar-refractivity contribution in [3.8, 4) is 5.75 Å². The molecular formula is C40H41O5P2+. The molecule has 7 heteroatoms. The summed E-state index contributed by atoms with van der Waals surface area (Å²) in [5, 5.41) is 1.15. The monoisotopic (exact) mass is 663 g/mol. The molecule has 0 N–H and O–H groups in total. The number of benzene rings is 5. The van der Waals surface area contributed by atoms with E-state index in [1.807, 2.05) is 121 Å². The Hall–Kier alpha value is -4.43. The molecule has 0 radical (unpaired) electrons. The van der Waals surface area contributed by atoms with Gasteiger partial charge in [0.2, 0.25) is 12.7 Å². The molecule has 47 heavy (non-hydrogen) atoms. The number of aryl methyl sites for hydroxylation is 7. The molecule has 0 aliphatic heterocycles. The highest BCUT2D eigenvalue weighted by molar-refractivity contribution is 7.93. The lowest BCUT2D eigenvalue weighted by Crippen LogP contribution is -2.23. The predicted molar refractivity (Wildman–Crippen MR) is 194 cm³/mol. The molecule has 0 bridgehead atoms. The third-order valence-corrected chi connectivity index (χ3v) is 11.3. The highest BCUT2D eigenvalue weighted by atomic mass is 31.2. The maximum atomic E-state index is 14.2. The summed E-state index contributed by atoms with van der Waals surface area (Å²) in [6.45, 7) is 13.7. The van der Waals surface area contributed by atoms with Crippen molar-refractivity contribution in [2.75, 3.05) is 0 Å². The molecule has 0 saturated carbocycles. The van der Waals surface area contributed by atoms with Gasteiger partial charge < -0.3 is 4.57 Å². The number of hydrogen-bond acceptors (Lipinski definition) is 5. The number of rotatable bonds is 9. The van der Waals surface area contributed by atoms with Gasteiger partial charge in [0, 0.05) is 21.7 Å². The molecule has 5 nitrogen and oxygen atoms in total. The predicted octanol–water partition coefficient (Wildman–Crippen LogP) is 9.49. The second-order valence-electron chi connectivity index (χ2n) is 11.8. The summed E-state index contributed by atoms with van der Waals surface area (Å²) in [4.78, 5) is 26.7. The fraction of sp³-hybridized carbons (Fsp3) is 0.200. The highest BCUT2D eigenvalue weighted by Gasteiger charge is 2.37. The van der Waals surface area contributed by atoms with E-state index in [1.165, 1.54) is 0 Å². The van der Waals surface area contributed by atoms with Crippen LogP contribution in [0.1, 0.15) is 72.1 Å². The van der Waals surface area contributed by atoms with E-state index in [9.17, 15) is 18.7 Å². The van der Waals surface area contributed by atoms with Crippen LogP contribution in [0.5, 0.6) is 5.75 Å². The molecule has 5 aromatic carbocycles. The smallest absolute Gasteiger partial charge is 0.305 e. The summed E-state index contributed by atoms with van der Waals surface area (Å²) in [5.74, 6) is 0.317. The van der Waals surface area contributed by atoms with Gasteiger partial charge in [0.1, 0.15) is 0 Å². The van der Waals surface area contributed by atoms with Gasteiger partial charge in [-0.25, -0.2) is 0 Å². The van der Waals surface area contributed by atoms with Crippen molar-refractivity contribution in [3.05, 3.63) is 159 Å². The Morgan fingerprint density at radius 3 is 1.49 bits per heavy atom. The third kappa shape index (κ3) is 7.60. The zero-order valence-electron chi connectivity index (χ0n) is 28.0. The van der Waals surface area contributed by atoms with Crippen molar-refractivity contribution in [2.45, 2.75) is 54.9 Å². The van der Waals surface area contributed by atoms with Gasteiger partial charge in [0.25, 0.3) is 0 Å². The lowest BCUT2D eigenvalue weighted by molar-refractivity contribution is 0.103. The van der Waals surface area contributed by atoms with Crippen LogP contribution in [0.25, 0.3) is 0 Å². The molecule has 240 valence electrons. The Labute approximate surface area is 279 Å². The minimum atomic E-state index is -3.44. The fourth-order valence-corrected chi connectivity index (χ4v) is 9.13. The molecule has 1 unspecified atom stereocenters. The van der Waals surface area contributed by atoms with Crippen LogP contribution in [0, 0.1) is 41.5 Å². The van der Waals surface area contributed by atoms with Gasteiger partial charge in [-0.2, -0.15) is 0 Å². The van der Waals surface area contributed by atoms with E-state index in [0.29, 0.717) is 39.5 Å². The molecule has 5 rings (SSSR count). The maximum absolute atomic E-state index is 14.2. The second kappa shape index (κ2) is 15.4. The largest absolute Gasteiger partial charge is 0.542 e. The first-order valence-electron chi connectivity index (χ1n) is 15.6. The van der Waals surface area contributed by atoms with Crippen LogP contribution in [0.2, 0.25) is 0 Å². The van der Waals surface area contributed by atoms with Crippen molar-refractivity contribution in [1.29, 1.82) is 0 Å². The normalized spacial score (nSPS) is 11.0. The van der Waals surface area contributed by atoms with Crippen molar-refractivity contribution < 1.29 is 23.2 Å². The average Bonchev–Trinajstić information content (AvgIpc) is 3.04. The highest BCUT2D eigenvalue weighted by Crippen LogP contribution is 2.48. The van der Waals surface area contributed by atoms with Crippen LogP contribution in [-0.2, 0) is 15.6 Å². The summed E-state index contributed by atoms with van der Waals surface area (Å²) in [6.07, 6.45) is 0.712. The maximum Gasteiger partial charge on any atom is 0.542 e. The third-order valence-electron chi connectivity index (χ3n) is 8.19. The Bertz CT molecular complexity index is 1890. The van der Waals surface area contributed by atoms with Crippen LogP contribution in [-0.4, -0.2) is 11.3 Å². The Balaban J connectivity index is 0.000000215. The van der Waals surface area contributed by atoms with E-state index >= 15 is 0 Å². The van der Waals surface area contributed by atoms with Gasteiger partial charge in [-0.1, -0.05) is 115 Å². The molecule has 0 heterocycles. The minimum absolute atomic E-state index is 0.0688. The van der Waals surface area contributed by atoms with E-state index in [2.05, 4.69) is 0 Å². The van der Waals surface area contributed by atoms with Gasteiger partial charge in [-0.15, -0.1) is 0 Å². The van der Waals surface area contributed by atoms with E-state index < -0.39 is 15.8 Å². The number of hydrogen-bond donors (Lipinski definition) is 0. The quantitative estimate of drug-likeness (QED) is 0.116. The van der Waals surface area contributed by atoms with Crippen LogP contribution in [0.4, 0.5) is 0 Å². The first-order valence-corrected chi connectivity index (χ1v) is 18.1. The van der Waals surface area contributed by atoms with Gasteiger partial charge in [-0.05, 0) is 86.4 Å². The number of carbonyl (C=O) groups excluding carboxylic acids is 2. The van der Waals surface area contributed by atoms with Crippen molar-refractivity contribution in [2.24, 2.45) is 0 Å². The van der Waals surface area contributed by atoms with Crippen LogP contribution < -0.4 is 15.1 Å². The summed E-state index contributed by atoms with van der Waals surface area (Å²) in [7, 11) is -4.37. The number of ketones is 1. The molecule has 0 saturated heterocycles. The van der Waals surface area contributed by atoms with Gasteiger partial charge in [0.05, 0.1) is 5.56 Å². The average molecular weight is 664 g/mol. The van der Waals surface area contributed by atoms with Crippen LogP contribution in [0.3, 0.4) is 0 Å². The van der Waals surface area contributed by atoms with E-state index in [4.69, 9.17) is 4.52 Å². The van der Waals surface area contributed by atoms with Crippen molar-refractivity contribution in [1.82, 2.24) is 0 Å². The van der Waals surface area contributed by atoms with Gasteiger partial charge in [0.15, 0.2) is 11.5 Å². The molecule has 1 atom stereocenters. The molecule has 0 spiro atoms. The lowest BCUT2D eigenvalue weighted by Gasteiger charge is -2.20. The first kappa shape index (κ1) is 35.4. The molecule has 0 aliphatic carbocycles.